The maximum absolute atomic E-state index is 13.8. The van der Waals surface area contributed by atoms with Crippen LogP contribution in [0.5, 0.6) is 11.5 Å². The van der Waals surface area contributed by atoms with Crippen LogP contribution in [0.1, 0.15) is 23.7 Å². The van der Waals surface area contributed by atoms with Crippen LogP contribution in [0.25, 0.3) is 33.4 Å². The van der Waals surface area contributed by atoms with Crippen LogP contribution in [0.4, 0.5) is 22.7 Å². The van der Waals surface area contributed by atoms with Crippen molar-refractivity contribution in [1.29, 1.82) is 0 Å². The molecule has 0 saturated carbocycles. The lowest BCUT2D eigenvalue weighted by atomic mass is 9.90. The molecule has 4 aromatic carbocycles. The minimum Gasteiger partial charge on any atom is -0.545 e. The van der Waals surface area contributed by atoms with Crippen LogP contribution >= 0.6 is 0 Å². The summed E-state index contributed by atoms with van der Waals surface area (Å²) < 4.78 is 35.7. The summed E-state index contributed by atoms with van der Waals surface area (Å²) in [4.78, 5) is 68.5. The van der Waals surface area contributed by atoms with Crippen molar-refractivity contribution >= 4 is 63.5 Å². The van der Waals surface area contributed by atoms with Crippen molar-refractivity contribution in [3.05, 3.63) is 114 Å². The number of carbonyl (C=O) groups excluding carboxylic acids is 5. The van der Waals surface area contributed by atoms with Crippen molar-refractivity contribution in [3.8, 4) is 33.9 Å². The van der Waals surface area contributed by atoms with Gasteiger partial charge in [-0.25, -0.2) is 4.58 Å². The fourth-order valence-electron chi connectivity index (χ4n) is 8.47. The smallest absolute Gasteiger partial charge is 0.325 e. The molecule has 17 heteroatoms. The molecule has 358 valence electrons. The molecule has 0 atom stereocenters. The van der Waals surface area contributed by atoms with Crippen molar-refractivity contribution in [2.24, 2.45) is 5.92 Å². The molecular formula is C52H53N5O12. The Labute approximate surface area is 398 Å². The summed E-state index contributed by atoms with van der Waals surface area (Å²) in [5, 5.41) is 17.0. The first-order valence-electron chi connectivity index (χ1n) is 22.6. The van der Waals surface area contributed by atoms with Gasteiger partial charge in [0.05, 0.1) is 44.7 Å². The van der Waals surface area contributed by atoms with E-state index in [1.54, 1.807) is 65.6 Å². The molecule has 3 aliphatic heterocycles. The SMILES string of the molecule is CCN(CC(=O)OC)c1ccc(NC(=O)C2C[N+](=c3ccc4c(-c5ccccc5C(=O)[O-])c5ccc(N6CCC6)cc5oc-4c3)C2)cc1OCCOc1ccccc1N(CC(=O)OC)CC(=O)OC. The molecular weight excluding hydrogens is 887 g/mol. The molecule has 4 aliphatic rings. The molecule has 4 aromatic rings. The third-order valence-electron chi connectivity index (χ3n) is 12.3. The quantitative estimate of drug-likeness (QED) is 0.0394. The Morgan fingerprint density at radius 3 is 2.04 bits per heavy atom. The zero-order valence-corrected chi connectivity index (χ0v) is 38.9. The van der Waals surface area contributed by atoms with Crippen LogP contribution in [-0.4, -0.2) is 117 Å². The second kappa shape index (κ2) is 21.3. The number of rotatable bonds is 19. The minimum atomic E-state index is -1.27. The van der Waals surface area contributed by atoms with Crippen molar-refractivity contribution < 1.29 is 57.2 Å². The first-order chi connectivity index (χ1) is 33.5. The number of anilines is 4. The Morgan fingerprint density at radius 1 is 0.725 bits per heavy atom. The summed E-state index contributed by atoms with van der Waals surface area (Å²) in [6, 6.07) is 30.8. The minimum absolute atomic E-state index is 0.0400. The topological polar surface area (TPSA) is 192 Å². The number of aromatic carboxylic acids is 1. The van der Waals surface area contributed by atoms with E-state index in [4.69, 9.17) is 28.1 Å². The number of nitrogens with one attached hydrogen (secondary N) is 1. The number of esters is 3. The third-order valence-corrected chi connectivity index (χ3v) is 12.3. The van der Waals surface area contributed by atoms with Crippen LogP contribution in [0.3, 0.4) is 0 Å². The van der Waals surface area contributed by atoms with E-state index in [2.05, 4.69) is 14.8 Å². The van der Waals surface area contributed by atoms with Gasteiger partial charge < -0.3 is 58.0 Å². The fourth-order valence-corrected chi connectivity index (χ4v) is 8.47. The number of nitrogens with zero attached hydrogens (tertiary/aromatic N) is 4. The highest BCUT2D eigenvalue weighted by Gasteiger charge is 2.38. The summed E-state index contributed by atoms with van der Waals surface area (Å²) in [5.41, 5.74) is 5.32. The van der Waals surface area contributed by atoms with Crippen molar-refractivity contribution in [2.45, 2.75) is 13.3 Å². The number of carboxylic acid groups (broad SMARTS) is 1. The fraction of sp³-hybridized carbons (Fsp3) is 0.308. The zero-order chi connectivity index (χ0) is 48.6. The van der Waals surface area contributed by atoms with Crippen molar-refractivity contribution in [3.63, 3.8) is 0 Å². The van der Waals surface area contributed by atoms with Crippen LogP contribution in [-0.2, 0) is 33.4 Å². The number of para-hydroxylation sites is 2. The summed E-state index contributed by atoms with van der Waals surface area (Å²) in [7, 11) is 3.84. The number of ether oxygens (including phenoxy) is 5. The maximum Gasteiger partial charge on any atom is 0.325 e. The van der Waals surface area contributed by atoms with Gasteiger partial charge in [0.1, 0.15) is 55.7 Å². The molecule has 0 radical (unpaired) electrons. The Balaban J connectivity index is 1.01. The van der Waals surface area contributed by atoms with E-state index in [0.717, 1.165) is 47.1 Å². The summed E-state index contributed by atoms with van der Waals surface area (Å²) in [6.45, 7) is 4.72. The molecule has 1 aliphatic carbocycles. The molecule has 8 rings (SSSR count). The number of carboxylic acids is 1. The molecule has 0 spiro atoms. The van der Waals surface area contributed by atoms with E-state index in [1.165, 1.54) is 26.2 Å². The van der Waals surface area contributed by atoms with Crippen LogP contribution < -0.4 is 44.5 Å². The lowest BCUT2D eigenvalue weighted by Crippen LogP contribution is -2.53. The van der Waals surface area contributed by atoms with Crippen molar-refractivity contribution in [2.75, 3.05) is 107 Å². The van der Waals surface area contributed by atoms with Crippen LogP contribution in [0.2, 0.25) is 0 Å². The Morgan fingerprint density at radius 2 is 1.38 bits per heavy atom. The van der Waals surface area contributed by atoms with E-state index < -0.39 is 23.9 Å². The largest absolute Gasteiger partial charge is 0.545 e. The van der Waals surface area contributed by atoms with Gasteiger partial charge in [-0.15, -0.1) is 0 Å². The predicted molar refractivity (Wildman–Crippen MR) is 257 cm³/mol. The van der Waals surface area contributed by atoms with Gasteiger partial charge in [-0.1, -0.05) is 36.4 Å². The number of methoxy groups -OCH3 is 3. The maximum atomic E-state index is 13.8. The monoisotopic (exact) mass is 939 g/mol. The normalized spacial score (nSPS) is 14.0. The molecule has 1 amide bonds. The molecule has 1 N–H and O–H groups in total. The lowest BCUT2D eigenvalue weighted by Gasteiger charge is -2.33. The molecule has 0 aromatic heterocycles. The first-order valence-corrected chi connectivity index (χ1v) is 22.6. The molecule has 2 saturated heterocycles. The summed E-state index contributed by atoms with van der Waals surface area (Å²) in [5.74, 6) is -2.00. The highest BCUT2D eigenvalue weighted by atomic mass is 16.5. The number of fused-ring (bicyclic) bond motifs is 2. The van der Waals surface area contributed by atoms with Gasteiger partial charge in [-0.3, -0.25) is 19.2 Å². The average molecular weight is 940 g/mol. The highest BCUT2D eigenvalue weighted by molar-refractivity contribution is 6.07. The van der Waals surface area contributed by atoms with E-state index in [-0.39, 0.29) is 50.2 Å². The Bertz CT molecular complexity index is 2920. The number of amides is 1. The van der Waals surface area contributed by atoms with E-state index in [1.807, 2.05) is 49.4 Å². The van der Waals surface area contributed by atoms with Crippen molar-refractivity contribution in [1.82, 2.24) is 4.58 Å². The van der Waals surface area contributed by atoms with Crippen LogP contribution in [0.15, 0.2) is 108 Å². The third kappa shape index (κ3) is 10.6. The van der Waals surface area contributed by atoms with Crippen LogP contribution in [0, 0.1) is 5.92 Å². The average Bonchev–Trinajstić information content (AvgIpc) is 3.32. The zero-order valence-electron chi connectivity index (χ0n) is 38.9. The molecule has 69 heavy (non-hydrogen) atoms. The predicted octanol–water partition coefficient (Wildman–Crippen LogP) is 4.43. The van der Waals surface area contributed by atoms with Gasteiger partial charge >= 0.3 is 17.9 Å². The lowest BCUT2D eigenvalue weighted by molar-refractivity contribution is -0.255. The first kappa shape index (κ1) is 47.4. The molecule has 0 bridgehead atoms. The number of hydrogen-bond donors (Lipinski definition) is 1. The molecule has 3 heterocycles. The Hall–Kier alpha value is -8.08. The Kier molecular flexibility index (Phi) is 14.6. The van der Waals surface area contributed by atoms with Gasteiger partial charge in [0, 0.05) is 71.3 Å². The van der Waals surface area contributed by atoms with Gasteiger partial charge in [0.15, 0.2) is 19.0 Å². The number of hydrogen-bond acceptors (Lipinski definition) is 15. The number of benzene rings is 5. The van der Waals surface area contributed by atoms with Gasteiger partial charge in [-0.2, -0.15) is 0 Å². The van der Waals surface area contributed by atoms with Gasteiger partial charge in [-0.05, 0) is 61.4 Å². The molecule has 17 nitrogen and oxygen atoms in total. The second-order valence-electron chi connectivity index (χ2n) is 16.5. The second-order valence-corrected chi connectivity index (χ2v) is 16.5. The van der Waals surface area contributed by atoms with E-state index in [9.17, 15) is 29.1 Å². The van der Waals surface area contributed by atoms with E-state index >= 15 is 0 Å². The molecule has 0 unspecified atom stereocenters. The standard InChI is InChI=1S/C52H53N5O12/c1-5-54(30-47(58)64-2)42-20-15-34(25-46(42)68-24-23-67-43-14-9-8-13-41(43)57(31-48(59)65-3)32-49(60)66-4)53-51(61)33-28-56(29-33)36-17-19-40-45(27-36)69-44-26-35(55-21-10-22-55)16-18-39(44)50(40)37-11-6-7-12-38(37)52(62)63/h6-9,11-20,25-27,33H,5,10,21-24,28-32H2,1-4H3,(H-,53,61,62,63). The molecule has 2 fully saturated rings. The summed E-state index contributed by atoms with van der Waals surface area (Å²) >= 11 is 0. The van der Waals surface area contributed by atoms with Gasteiger partial charge in [0.25, 0.3) is 0 Å². The van der Waals surface area contributed by atoms with E-state index in [0.29, 0.717) is 65.1 Å². The number of carbonyl (C=O) groups is 5. The highest BCUT2D eigenvalue weighted by Crippen LogP contribution is 2.42. The number of likely N-dealkylation sites (N-methyl/N-ethyl adjacent to an activating group) is 1. The van der Waals surface area contributed by atoms with Gasteiger partial charge in [0.2, 0.25) is 11.3 Å². The summed E-state index contributed by atoms with van der Waals surface area (Å²) in [6.07, 6.45) is 1.12.